The Bertz CT molecular complexity index is 880. The minimum absolute atomic E-state index is 0.229. The second-order valence-corrected chi connectivity index (χ2v) is 8.90. The average Bonchev–Trinajstić information content (AvgIpc) is 2.67. The number of fused-ring (bicyclic) bond motifs is 1. The van der Waals surface area contributed by atoms with Gasteiger partial charge in [0.1, 0.15) is 11.6 Å². The summed E-state index contributed by atoms with van der Waals surface area (Å²) in [4.78, 5) is 10.8. The van der Waals surface area contributed by atoms with E-state index >= 15 is 0 Å². The summed E-state index contributed by atoms with van der Waals surface area (Å²) in [6, 6.07) is 4.03. The Morgan fingerprint density at radius 3 is 2.75 bits per heavy atom. The number of ether oxygens (including phenoxy) is 1. The highest BCUT2D eigenvalue weighted by Crippen LogP contribution is 2.48. The van der Waals surface area contributed by atoms with Gasteiger partial charge in [0.15, 0.2) is 0 Å². The highest BCUT2D eigenvalue weighted by atomic mass is 127. The molecule has 150 valence electrons. The third kappa shape index (κ3) is 4.49. The monoisotopic (exact) mass is 510 g/mol. The second kappa shape index (κ2) is 9.70. The van der Waals surface area contributed by atoms with Gasteiger partial charge in [0.2, 0.25) is 0 Å². The Hall–Kier alpha value is -1.66. The predicted octanol–water partition coefficient (Wildman–Crippen LogP) is 4.55. The van der Waals surface area contributed by atoms with E-state index in [-0.39, 0.29) is 5.41 Å². The van der Waals surface area contributed by atoms with Gasteiger partial charge in [-0.3, -0.25) is 9.98 Å². The highest BCUT2D eigenvalue weighted by molar-refractivity contribution is 14.2. The summed E-state index contributed by atoms with van der Waals surface area (Å²) in [6.07, 6.45) is 1.59. The molecule has 1 aromatic carbocycles. The van der Waals surface area contributed by atoms with Crippen molar-refractivity contribution >= 4 is 54.1 Å². The topological polar surface area (TPSA) is 63.2 Å². The van der Waals surface area contributed by atoms with Crippen LogP contribution in [0.3, 0.4) is 0 Å². The molecule has 0 radical (unpaired) electrons. The summed E-state index contributed by atoms with van der Waals surface area (Å²) in [5, 5.41) is 3.04. The molecule has 0 aromatic heterocycles. The molecule has 1 aliphatic rings. The van der Waals surface area contributed by atoms with Crippen LogP contribution in [-0.2, 0) is 6.42 Å². The normalized spacial score (nSPS) is 15.4. The standard InChI is InChI=1S/C21H27IN4OS/c1-21(2)13-15-14(18(24-3)17(21)20(23)25-4)9-10-16(27-6)19(15)26(5)11-7-8-12-28-22/h9-10H,3,7,11,13H2,1-2,4-6H3,(H2,23,25). The van der Waals surface area contributed by atoms with E-state index in [0.717, 1.165) is 47.7 Å². The molecule has 0 saturated heterocycles. The molecule has 7 heteroatoms. The van der Waals surface area contributed by atoms with E-state index in [4.69, 9.17) is 10.5 Å². The van der Waals surface area contributed by atoms with Gasteiger partial charge in [-0.05, 0) is 50.4 Å². The van der Waals surface area contributed by atoms with Crippen LogP contribution in [0.15, 0.2) is 27.7 Å². The summed E-state index contributed by atoms with van der Waals surface area (Å²) in [5.41, 5.74) is 11.1. The number of nitrogens with two attached hydrogens (primary N) is 1. The fraction of sp³-hybridized carbons (Fsp3) is 0.429. The SMILES string of the molecule is C=NC1=C(C(N)=NC)C(C)(C)Cc2c1ccc(OC)c2N(C)CCC#CSI. The molecule has 0 fully saturated rings. The first-order valence-electron chi connectivity index (χ1n) is 8.93. The van der Waals surface area contributed by atoms with E-state index in [1.165, 1.54) is 14.5 Å². The first-order valence-corrected chi connectivity index (χ1v) is 12.3. The molecule has 0 atom stereocenters. The van der Waals surface area contributed by atoms with Crippen LogP contribution in [0.5, 0.6) is 5.75 Å². The van der Waals surface area contributed by atoms with Crippen LogP contribution in [0.2, 0.25) is 0 Å². The zero-order valence-corrected chi connectivity index (χ0v) is 20.1. The Kier molecular flexibility index (Phi) is 7.84. The molecule has 0 saturated carbocycles. The molecule has 1 aromatic rings. The number of hydrogen-bond acceptors (Lipinski definition) is 5. The van der Waals surface area contributed by atoms with Crippen molar-refractivity contribution in [1.82, 2.24) is 0 Å². The van der Waals surface area contributed by atoms with E-state index < -0.39 is 0 Å². The lowest BCUT2D eigenvalue weighted by Gasteiger charge is -2.37. The summed E-state index contributed by atoms with van der Waals surface area (Å²) in [5.74, 6) is 4.53. The van der Waals surface area contributed by atoms with Crippen molar-refractivity contribution in [3.8, 4) is 16.9 Å². The number of anilines is 1. The maximum atomic E-state index is 6.25. The molecule has 0 aliphatic heterocycles. The van der Waals surface area contributed by atoms with Crippen molar-refractivity contribution in [2.24, 2.45) is 21.1 Å². The summed E-state index contributed by atoms with van der Waals surface area (Å²) in [6.45, 7) is 8.96. The smallest absolute Gasteiger partial charge is 0.142 e. The number of halogens is 1. The largest absolute Gasteiger partial charge is 0.495 e. The van der Waals surface area contributed by atoms with E-state index in [2.05, 4.69) is 74.9 Å². The first kappa shape index (κ1) is 22.6. The maximum absolute atomic E-state index is 6.25. The summed E-state index contributed by atoms with van der Waals surface area (Å²) in [7, 11) is 6.99. The lowest BCUT2D eigenvalue weighted by atomic mass is 9.70. The van der Waals surface area contributed by atoms with Gasteiger partial charge in [-0.25, -0.2) is 0 Å². The van der Waals surface area contributed by atoms with Gasteiger partial charge in [-0.1, -0.05) is 19.8 Å². The van der Waals surface area contributed by atoms with Gasteiger partial charge < -0.3 is 15.4 Å². The molecular formula is C21H27IN4OS. The van der Waals surface area contributed by atoms with Crippen molar-refractivity contribution in [2.45, 2.75) is 26.7 Å². The van der Waals surface area contributed by atoms with Gasteiger partial charge in [0.25, 0.3) is 0 Å². The maximum Gasteiger partial charge on any atom is 0.142 e. The fourth-order valence-electron chi connectivity index (χ4n) is 3.74. The van der Waals surface area contributed by atoms with Crippen LogP contribution in [0.4, 0.5) is 5.69 Å². The zero-order valence-electron chi connectivity index (χ0n) is 17.1. The number of amidine groups is 1. The Morgan fingerprint density at radius 1 is 1.46 bits per heavy atom. The minimum Gasteiger partial charge on any atom is -0.495 e. The van der Waals surface area contributed by atoms with Gasteiger partial charge >= 0.3 is 0 Å². The van der Waals surface area contributed by atoms with Crippen molar-refractivity contribution in [3.63, 3.8) is 0 Å². The molecule has 1 aliphatic carbocycles. The van der Waals surface area contributed by atoms with Crippen molar-refractivity contribution in [3.05, 3.63) is 28.8 Å². The van der Waals surface area contributed by atoms with Crippen LogP contribution >= 0.6 is 30.1 Å². The third-order valence-corrected chi connectivity index (χ3v) is 5.85. The van der Waals surface area contributed by atoms with Crippen molar-refractivity contribution in [2.75, 3.05) is 32.6 Å². The Balaban J connectivity index is 2.67. The van der Waals surface area contributed by atoms with Gasteiger partial charge in [0.05, 0.1) is 18.5 Å². The number of methoxy groups -OCH3 is 1. The number of hydrogen-bond donors (Lipinski definition) is 1. The van der Waals surface area contributed by atoms with E-state index in [1.807, 2.05) is 12.1 Å². The Labute approximate surface area is 184 Å². The molecule has 0 unspecified atom stereocenters. The predicted molar refractivity (Wildman–Crippen MR) is 132 cm³/mol. The van der Waals surface area contributed by atoms with Crippen LogP contribution < -0.4 is 15.4 Å². The molecule has 2 N–H and O–H groups in total. The van der Waals surface area contributed by atoms with Gasteiger partial charge in [-0.15, -0.1) is 0 Å². The minimum atomic E-state index is -0.229. The summed E-state index contributed by atoms with van der Waals surface area (Å²) < 4.78 is 5.70. The van der Waals surface area contributed by atoms with Crippen LogP contribution in [-0.4, -0.2) is 40.3 Å². The number of rotatable bonds is 6. The van der Waals surface area contributed by atoms with E-state index in [1.54, 1.807) is 14.2 Å². The highest BCUT2D eigenvalue weighted by Gasteiger charge is 2.37. The van der Waals surface area contributed by atoms with E-state index in [9.17, 15) is 0 Å². The van der Waals surface area contributed by atoms with Gasteiger partial charge in [-0.2, -0.15) is 0 Å². The third-order valence-electron chi connectivity index (χ3n) is 4.97. The van der Waals surface area contributed by atoms with E-state index in [0.29, 0.717) is 5.84 Å². The van der Waals surface area contributed by atoms with Gasteiger partial charge in [0, 0.05) is 59.4 Å². The molecule has 0 spiro atoms. The molecule has 0 bridgehead atoms. The van der Waals surface area contributed by atoms with Crippen LogP contribution in [0.1, 0.15) is 31.4 Å². The summed E-state index contributed by atoms with van der Waals surface area (Å²) >= 11 is 2.18. The molecule has 2 rings (SSSR count). The molecule has 0 amide bonds. The number of nitrogens with zero attached hydrogens (tertiary/aromatic N) is 3. The molecule has 0 heterocycles. The fourth-order valence-corrected chi connectivity index (χ4v) is 4.37. The molecule has 28 heavy (non-hydrogen) atoms. The van der Waals surface area contributed by atoms with Crippen LogP contribution in [0, 0.1) is 16.6 Å². The number of benzene rings is 1. The lowest BCUT2D eigenvalue weighted by Crippen LogP contribution is -2.34. The quantitative estimate of drug-likeness (QED) is 0.264. The first-order chi connectivity index (χ1) is 13.3. The van der Waals surface area contributed by atoms with Crippen LogP contribution in [0.25, 0.3) is 5.70 Å². The molecule has 5 nitrogen and oxygen atoms in total. The zero-order chi connectivity index (χ0) is 20.9. The lowest BCUT2D eigenvalue weighted by molar-refractivity contribution is 0.411. The van der Waals surface area contributed by atoms with Crippen molar-refractivity contribution in [1.29, 1.82) is 0 Å². The van der Waals surface area contributed by atoms with Crippen molar-refractivity contribution < 1.29 is 4.74 Å². The second-order valence-electron chi connectivity index (χ2n) is 7.22. The Morgan fingerprint density at radius 2 is 2.18 bits per heavy atom. The average molecular weight is 510 g/mol. The number of aliphatic imine (C=N–C) groups is 2. The molecular weight excluding hydrogens is 483 g/mol.